The average molecular weight is 144 g/mol. The van der Waals surface area contributed by atoms with Crippen molar-refractivity contribution in [1.82, 2.24) is 0 Å². The summed E-state index contributed by atoms with van der Waals surface area (Å²) in [6.07, 6.45) is 1.51. The third-order valence-electron chi connectivity index (χ3n) is 1.25. The fourth-order valence-electron chi connectivity index (χ4n) is 0.697. The van der Waals surface area contributed by atoms with E-state index >= 15 is 0 Å². The largest absolute Gasteiger partial charge is 0.515 e. The summed E-state index contributed by atoms with van der Waals surface area (Å²) in [4.78, 5) is 10.8. The first kappa shape index (κ1) is 6.68. The van der Waals surface area contributed by atoms with Gasteiger partial charge in [-0.05, 0) is 0 Å². The van der Waals surface area contributed by atoms with Crippen molar-refractivity contribution in [2.24, 2.45) is 0 Å². The third-order valence-corrected chi connectivity index (χ3v) is 2.25. The summed E-state index contributed by atoms with van der Waals surface area (Å²) in [6, 6.07) is 0. The molecule has 0 aliphatic carbocycles. The van der Waals surface area contributed by atoms with Gasteiger partial charge in [0.05, 0.1) is 6.26 Å². The molecular weight excluding hydrogens is 136 g/mol. The molecule has 3 heteroatoms. The van der Waals surface area contributed by atoms with Crippen molar-refractivity contribution in [3.8, 4) is 0 Å². The predicted molar refractivity (Wildman–Crippen MR) is 37.7 cm³/mol. The molecule has 0 aromatic rings. The number of aliphatic hydroxyl groups excluding tert-OH is 1. The first-order chi connectivity index (χ1) is 4.34. The minimum absolute atomic E-state index is 0.0938. The van der Waals surface area contributed by atoms with Crippen LogP contribution in [-0.2, 0) is 4.79 Å². The van der Waals surface area contributed by atoms with Crippen LogP contribution < -0.4 is 0 Å². The van der Waals surface area contributed by atoms with Crippen molar-refractivity contribution >= 4 is 17.5 Å². The number of ketones is 1. The van der Waals surface area contributed by atoms with Crippen LogP contribution in [0.4, 0.5) is 0 Å². The Balaban J connectivity index is 2.60. The summed E-state index contributed by atoms with van der Waals surface area (Å²) >= 11 is 1.68. The van der Waals surface area contributed by atoms with E-state index in [1.54, 1.807) is 11.8 Å². The molecule has 1 aliphatic rings. The first-order valence-corrected chi connectivity index (χ1v) is 3.94. The van der Waals surface area contributed by atoms with E-state index in [-0.39, 0.29) is 5.78 Å². The van der Waals surface area contributed by atoms with Crippen LogP contribution in [0.2, 0.25) is 0 Å². The van der Waals surface area contributed by atoms with Crippen LogP contribution in [0.5, 0.6) is 0 Å². The number of hydrogen-bond acceptors (Lipinski definition) is 3. The molecule has 50 valence electrons. The Hall–Kier alpha value is -0.440. The predicted octanol–water partition coefficient (Wildman–Crippen LogP) is 1.13. The zero-order valence-corrected chi connectivity index (χ0v) is 5.78. The van der Waals surface area contributed by atoms with Crippen molar-refractivity contribution in [1.29, 1.82) is 0 Å². The Kier molecular flexibility index (Phi) is 2.16. The first-order valence-electron chi connectivity index (χ1n) is 2.79. The van der Waals surface area contributed by atoms with Gasteiger partial charge in [0.1, 0.15) is 0 Å². The maximum Gasteiger partial charge on any atom is 0.163 e. The molecule has 1 aliphatic heterocycles. The lowest BCUT2D eigenvalue weighted by atomic mass is 10.2. The molecule has 1 rings (SSSR count). The van der Waals surface area contributed by atoms with Crippen LogP contribution in [0.3, 0.4) is 0 Å². The van der Waals surface area contributed by atoms with E-state index in [9.17, 15) is 4.79 Å². The second kappa shape index (κ2) is 2.92. The van der Waals surface area contributed by atoms with Gasteiger partial charge < -0.3 is 5.11 Å². The summed E-state index contributed by atoms with van der Waals surface area (Å²) in [5.41, 5.74) is 0.561. The van der Waals surface area contributed by atoms with E-state index in [0.29, 0.717) is 17.7 Å². The number of hydrogen-bond donors (Lipinski definition) is 1. The Bertz CT molecular complexity index is 151. The van der Waals surface area contributed by atoms with Crippen LogP contribution >= 0.6 is 11.8 Å². The zero-order valence-electron chi connectivity index (χ0n) is 4.96. The van der Waals surface area contributed by atoms with Crippen molar-refractivity contribution in [2.75, 3.05) is 11.5 Å². The lowest BCUT2D eigenvalue weighted by Gasteiger charge is -2.09. The summed E-state index contributed by atoms with van der Waals surface area (Å²) in [5, 5.41) is 8.47. The van der Waals surface area contributed by atoms with Gasteiger partial charge in [-0.1, -0.05) is 0 Å². The van der Waals surface area contributed by atoms with Crippen molar-refractivity contribution in [3.63, 3.8) is 0 Å². The van der Waals surface area contributed by atoms with Crippen molar-refractivity contribution in [2.45, 2.75) is 6.42 Å². The van der Waals surface area contributed by atoms with Crippen LogP contribution in [0.15, 0.2) is 11.8 Å². The summed E-state index contributed by atoms with van der Waals surface area (Å²) in [6.45, 7) is 0. The van der Waals surface area contributed by atoms with Gasteiger partial charge in [0.25, 0.3) is 0 Å². The molecule has 1 fully saturated rings. The topological polar surface area (TPSA) is 37.3 Å². The van der Waals surface area contributed by atoms with Gasteiger partial charge in [-0.15, -0.1) is 0 Å². The number of aliphatic hydroxyl groups is 1. The second-order valence-electron chi connectivity index (χ2n) is 1.88. The standard InChI is InChI=1S/C6H8O2S/c7-3-5-4-9-2-1-6(5)8/h3,7H,1-2,4H2. The molecule has 0 aromatic heterocycles. The van der Waals surface area contributed by atoms with E-state index in [1.807, 2.05) is 0 Å². The SMILES string of the molecule is O=C1CCSCC1=CO. The number of Topliss-reactive ketones (excluding diaryl/α,β-unsaturated/α-hetero) is 1. The smallest absolute Gasteiger partial charge is 0.163 e. The van der Waals surface area contributed by atoms with Crippen LogP contribution in [0, 0.1) is 0 Å². The maximum absolute atomic E-state index is 10.8. The van der Waals surface area contributed by atoms with E-state index in [2.05, 4.69) is 0 Å². The van der Waals surface area contributed by atoms with Crippen LogP contribution in [0.1, 0.15) is 6.42 Å². The zero-order chi connectivity index (χ0) is 6.69. The number of thioether (sulfide) groups is 1. The van der Waals surface area contributed by atoms with Crippen molar-refractivity contribution < 1.29 is 9.90 Å². The molecule has 1 N–H and O–H groups in total. The number of rotatable bonds is 0. The normalized spacial score (nSPS) is 24.9. The highest BCUT2D eigenvalue weighted by Gasteiger charge is 2.14. The minimum atomic E-state index is 0.0938. The van der Waals surface area contributed by atoms with Gasteiger partial charge in [-0.25, -0.2) is 0 Å². The molecule has 0 atom stereocenters. The average Bonchev–Trinajstić information content (AvgIpc) is 1.89. The summed E-state index contributed by atoms with van der Waals surface area (Å²) < 4.78 is 0. The highest BCUT2D eigenvalue weighted by Crippen LogP contribution is 2.17. The second-order valence-corrected chi connectivity index (χ2v) is 2.99. The van der Waals surface area contributed by atoms with Gasteiger partial charge in [-0.3, -0.25) is 4.79 Å². The van der Waals surface area contributed by atoms with E-state index < -0.39 is 0 Å². The molecule has 0 spiro atoms. The summed E-state index contributed by atoms with van der Waals surface area (Å²) in [7, 11) is 0. The molecule has 0 unspecified atom stereocenters. The van der Waals surface area contributed by atoms with Gasteiger partial charge in [0, 0.05) is 23.5 Å². The molecule has 0 radical (unpaired) electrons. The Morgan fingerprint density at radius 1 is 1.67 bits per heavy atom. The molecule has 0 saturated carbocycles. The van der Waals surface area contributed by atoms with Gasteiger partial charge >= 0.3 is 0 Å². The van der Waals surface area contributed by atoms with Gasteiger partial charge in [0.15, 0.2) is 5.78 Å². The van der Waals surface area contributed by atoms with E-state index in [1.165, 1.54) is 0 Å². The van der Waals surface area contributed by atoms with Crippen LogP contribution in [-0.4, -0.2) is 22.4 Å². The maximum atomic E-state index is 10.8. The van der Waals surface area contributed by atoms with Crippen LogP contribution in [0.25, 0.3) is 0 Å². The molecule has 0 bridgehead atoms. The van der Waals surface area contributed by atoms with Gasteiger partial charge in [0.2, 0.25) is 0 Å². The number of carbonyl (C=O) groups excluding carboxylic acids is 1. The molecule has 0 aromatic carbocycles. The molecule has 1 saturated heterocycles. The molecule has 2 nitrogen and oxygen atoms in total. The molecule has 1 heterocycles. The minimum Gasteiger partial charge on any atom is -0.515 e. The Morgan fingerprint density at radius 3 is 2.89 bits per heavy atom. The summed E-state index contributed by atoms with van der Waals surface area (Å²) in [5.74, 6) is 1.67. The fraction of sp³-hybridized carbons (Fsp3) is 0.500. The lowest BCUT2D eigenvalue weighted by molar-refractivity contribution is -0.115. The number of carbonyl (C=O) groups is 1. The third kappa shape index (κ3) is 1.48. The van der Waals surface area contributed by atoms with Gasteiger partial charge in [-0.2, -0.15) is 11.8 Å². The Morgan fingerprint density at radius 2 is 2.44 bits per heavy atom. The van der Waals surface area contributed by atoms with Crippen molar-refractivity contribution in [3.05, 3.63) is 11.8 Å². The van der Waals surface area contributed by atoms with E-state index in [4.69, 9.17) is 5.11 Å². The van der Waals surface area contributed by atoms with E-state index in [0.717, 1.165) is 12.0 Å². The quantitative estimate of drug-likeness (QED) is 0.409. The molecule has 9 heavy (non-hydrogen) atoms. The fourth-order valence-corrected chi connectivity index (χ4v) is 1.63. The lowest BCUT2D eigenvalue weighted by Crippen LogP contribution is -2.11. The molecule has 0 amide bonds. The Labute approximate surface area is 57.9 Å². The highest BCUT2D eigenvalue weighted by molar-refractivity contribution is 7.99. The monoisotopic (exact) mass is 144 g/mol. The molecular formula is C6H8O2S. The highest BCUT2D eigenvalue weighted by atomic mass is 32.2.